The van der Waals surface area contributed by atoms with Gasteiger partial charge < -0.3 is 4.74 Å². The molecule has 2 aromatic rings. The fraction of sp³-hybridized carbons (Fsp3) is 0.0909. The first-order valence-corrected chi connectivity index (χ1v) is 5.01. The number of para-hydroxylation sites is 1. The van der Waals surface area contributed by atoms with Crippen LogP contribution in [0.4, 0.5) is 0 Å². The Kier molecular flexibility index (Phi) is 3.15. The fourth-order valence-corrected chi connectivity index (χ4v) is 1.31. The molecule has 0 aliphatic carbocycles. The number of benzene rings is 1. The molecule has 0 amide bonds. The van der Waals surface area contributed by atoms with Crippen molar-refractivity contribution in [1.29, 1.82) is 0 Å². The summed E-state index contributed by atoms with van der Waals surface area (Å²) in [6.07, 6.45) is 3.09. The highest BCUT2D eigenvalue weighted by molar-refractivity contribution is 6.17. The van der Waals surface area contributed by atoms with E-state index in [-0.39, 0.29) is 0 Å². The Bertz CT molecular complexity index is 434. The minimum Gasteiger partial charge on any atom is -0.439 e. The van der Waals surface area contributed by atoms with E-state index in [9.17, 15) is 0 Å². The molecular formula is C11H9ClN2O. The summed E-state index contributed by atoms with van der Waals surface area (Å²) in [5, 5.41) is 0. The van der Waals surface area contributed by atoms with Crippen molar-refractivity contribution >= 4 is 11.6 Å². The molecule has 4 heteroatoms. The van der Waals surface area contributed by atoms with Gasteiger partial charge in [0.1, 0.15) is 12.1 Å². The third-order valence-corrected chi connectivity index (χ3v) is 2.14. The molecule has 0 fully saturated rings. The molecule has 0 radical (unpaired) electrons. The summed E-state index contributed by atoms with van der Waals surface area (Å²) >= 11 is 5.74. The van der Waals surface area contributed by atoms with Gasteiger partial charge in [-0.05, 0) is 12.1 Å². The van der Waals surface area contributed by atoms with E-state index in [1.807, 2.05) is 30.3 Å². The molecule has 1 heterocycles. The van der Waals surface area contributed by atoms with Crippen molar-refractivity contribution < 1.29 is 4.74 Å². The molecule has 0 N–H and O–H groups in total. The van der Waals surface area contributed by atoms with Gasteiger partial charge >= 0.3 is 0 Å². The zero-order valence-electron chi connectivity index (χ0n) is 7.93. The predicted molar refractivity (Wildman–Crippen MR) is 58.1 cm³/mol. The molecule has 1 aromatic carbocycles. The number of halogens is 1. The number of hydrogen-bond acceptors (Lipinski definition) is 3. The SMILES string of the molecule is ClCc1cncnc1Oc1ccccc1. The Hall–Kier alpha value is -1.61. The number of hydrogen-bond donors (Lipinski definition) is 0. The van der Waals surface area contributed by atoms with Crippen LogP contribution in [0.3, 0.4) is 0 Å². The largest absolute Gasteiger partial charge is 0.439 e. The molecule has 0 unspecified atom stereocenters. The number of nitrogens with zero attached hydrogens (tertiary/aromatic N) is 2. The molecule has 0 aliphatic rings. The Balaban J connectivity index is 2.24. The van der Waals surface area contributed by atoms with E-state index in [2.05, 4.69) is 9.97 Å². The summed E-state index contributed by atoms with van der Waals surface area (Å²) in [5.41, 5.74) is 0.781. The van der Waals surface area contributed by atoms with Crippen molar-refractivity contribution in [3.63, 3.8) is 0 Å². The second-order valence-corrected chi connectivity index (χ2v) is 3.17. The Labute approximate surface area is 92.7 Å². The minimum atomic E-state index is 0.336. The third kappa shape index (κ3) is 2.44. The van der Waals surface area contributed by atoms with E-state index < -0.39 is 0 Å². The van der Waals surface area contributed by atoms with Crippen LogP contribution < -0.4 is 4.74 Å². The van der Waals surface area contributed by atoms with Gasteiger partial charge in [0.05, 0.1) is 5.88 Å². The van der Waals surface area contributed by atoms with Crippen LogP contribution in [0.25, 0.3) is 0 Å². The van der Waals surface area contributed by atoms with Gasteiger partial charge in [-0.3, -0.25) is 0 Å². The average molecular weight is 221 g/mol. The van der Waals surface area contributed by atoms with Gasteiger partial charge in [-0.2, -0.15) is 0 Å². The van der Waals surface area contributed by atoms with E-state index in [4.69, 9.17) is 16.3 Å². The van der Waals surface area contributed by atoms with Crippen LogP contribution in [-0.4, -0.2) is 9.97 Å². The van der Waals surface area contributed by atoms with Gasteiger partial charge in [0.2, 0.25) is 5.88 Å². The lowest BCUT2D eigenvalue weighted by atomic mass is 10.3. The van der Waals surface area contributed by atoms with E-state index >= 15 is 0 Å². The van der Waals surface area contributed by atoms with Crippen LogP contribution >= 0.6 is 11.6 Å². The van der Waals surface area contributed by atoms with Crippen molar-refractivity contribution in [2.75, 3.05) is 0 Å². The Morgan fingerprint density at radius 1 is 1.20 bits per heavy atom. The van der Waals surface area contributed by atoms with Crippen LogP contribution in [0.5, 0.6) is 11.6 Å². The summed E-state index contributed by atoms with van der Waals surface area (Å²) in [7, 11) is 0. The highest BCUT2D eigenvalue weighted by atomic mass is 35.5. The Morgan fingerprint density at radius 2 is 2.00 bits per heavy atom. The molecular weight excluding hydrogens is 212 g/mol. The number of ether oxygens (including phenoxy) is 1. The molecule has 1 aromatic heterocycles. The van der Waals surface area contributed by atoms with Crippen LogP contribution in [0, 0.1) is 0 Å². The molecule has 0 aliphatic heterocycles. The molecule has 76 valence electrons. The Morgan fingerprint density at radius 3 is 2.73 bits per heavy atom. The predicted octanol–water partition coefficient (Wildman–Crippen LogP) is 3.01. The average Bonchev–Trinajstić information content (AvgIpc) is 2.31. The van der Waals surface area contributed by atoms with Crippen LogP contribution in [0.1, 0.15) is 5.56 Å². The molecule has 2 rings (SSSR count). The van der Waals surface area contributed by atoms with Crippen molar-refractivity contribution in [3.05, 3.63) is 48.4 Å². The summed E-state index contributed by atoms with van der Waals surface area (Å²) in [6.45, 7) is 0. The molecule has 0 saturated heterocycles. The van der Waals surface area contributed by atoms with Crippen LogP contribution in [0.2, 0.25) is 0 Å². The number of aromatic nitrogens is 2. The number of alkyl halides is 1. The van der Waals surface area contributed by atoms with Gasteiger partial charge in [-0.15, -0.1) is 11.6 Å². The van der Waals surface area contributed by atoms with Gasteiger partial charge in [0, 0.05) is 11.8 Å². The van der Waals surface area contributed by atoms with Crippen molar-refractivity contribution in [3.8, 4) is 11.6 Å². The summed E-state index contributed by atoms with van der Waals surface area (Å²) in [6, 6.07) is 9.45. The molecule has 0 bridgehead atoms. The maximum absolute atomic E-state index is 5.74. The smallest absolute Gasteiger partial charge is 0.226 e. The lowest BCUT2D eigenvalue weighted by Crippen LogP contribution is -1.93. The standard InChI is InChI=1S/C11H9ClN2O/c12-6-9-7-13-8-14-11(9)15-10-4-2-1-3-5-10/h1-5,7-8H,6H2. The van der Waals surface area contributed by atoms with Gasteiger partial charge in [0.25, 0.3) is 0 Å². The highest BCUT2D eigenvalue weighted by Gasteiger charge is 2.04. The quantitative estimate of drug-likeness (QED) is 0.746. The molecule has 15 heavy (non-hydrogen) atoms. The van der Waals surface area contributed by atoms with Crippen molar-refractivity contribution in [2.24, 2.45) is 0 Å². The van der Waals surface area contributed by atoms with Gasteiger partial charge in [-0.1, -0.05) is 18.2 Å². The van der Waals surface area contributed by atoms with Crippen molar-refractivity contribution in [1.82, 2.24) is 9.97 Å². The minimum absolute atomic E-state index is 0.336. The number of rotatable bonds is 3. The monoisotopic (exact) mass is 220 g/mol. The maximum atomic E-state index is 5.74. The first-order chi connectivity index (χ1) is 7.40. The van der Waals surface area contributed by atoms with Gasteiger partial charge in [-0.25, -0.2) is 9.97 Å². The first-order valence-electron chi connectivity index (χ1n) is 4.48. The van der Waals surface area contributed by atoms with E-state index in [0.717, 1.165) is 11.3 Å². The third-order valence-electron chi connectivity index (χ3n) is 1.85. The first kappa shape index (κ1) is 9.93. The summed E-state index contributed by atoms with van der Waals surface area (Å²) < 4.78 is 5.56. The molecule has 0 spiro atoms. The maximum Gasteiger partial charge on any atom is 0.226 e. The lowest BCUT2D eigenvalue weighted by molar-refractivity contribution is 0.456. The van der Waals surface area contributed by atoms with E-state index in [1.54, 1.807) is 6.20 Å². The zero-order chi connectivity index (χ0) is 10.5. The highest BCUT2D eigenvalue weighted by Crippen LogP contribution is 2.22. The fourth-order valence-electron chi connectivity index (χ4n) is 1.13. The molecule has 3 nitrogen and oxygen atoms in total. The molecule has 0 saturated carbocycles. The lowest BCUT2D eigenvalue weighted by Gasteiger charge is -2.06. The second kappa shape index (κ2) is 4.75. The topological polar surface area (TPSA) is 35.0 Å². The van der Waals surface area contributed by atoms with Crippen LogP contribution in [-0.2, 0) is 5.88 Å². The summed E-state index contributed by atoms with van der Waals surface area (Å²) in [5.74, 6) is 1.58. The second-order valence-electron chi connectivity index (χ2n) is 2.90. The van der Waals surface area contributed by atoms with E-state index in [0.29, 0.717) is 11.8 Å². The molecule has 0 atom stereocenters. The summed E-state index contributed by atoms with van der Waals surface area (Å²) in [4.78, 5) is 7.91. The normalized spacial score (nSPS) is 9.93. The van der Waals surface area contributed by atoms with E-state index in [1.165, 1.54) is 6.33 Å². The zero-order valence-corrected chi connectivity index (χ0v) is 8.69. The van der Waals surface area contributed by atoms with Crippen LogP contribution in [0.15, 0.2) is 42.9 Å². The van der Waals surface area contributed by atoms with Gasteiger partial charge in [0.15, 0.2) is 0 Å². The van der Waals surface area contributed by atoms with Crippen molar-refractivity contribution in [2.45, 2.75) is 5.88 Å².